The Hall–Kier alpha value is -0.950. The summed E-state index contributed by atoms with van der Waals surface area (Å²) in [6.45, 7) is 5.03. The van der Waals surface area contributed by atoms with E-state index in [1.54, 1.807) is 0 Å². The number of nitrogens with one attached hydrogen (secondary N) is 2. The van der Waals surface area contributed by atoms with Crippen molar-refractivity contribution in [2.24, 2.45) is 5.84 Å². The summed E-state index contributed by atoms with van der Waals surface area (Å²) in [5, 5.41) is 5.31. The van der Waals surface area contributed by atoms with E-state index in [9.17, 15) is 4.79 Å². The maximum atomic E-state index is 11.5. The lowest BCUT2D eigenvalue weighted by atomic mass is 10.2. The van der Waals surface area contributed by atoms with E-state index in [4.69, 9.17) is 5.84 Å². The van der Waals surface area contributed by atoms with Crippen LogP contribution in [0, 0.1) is 0 Å². The van der Waals surface area contributed by atoms with Crippen molar-refractivity contribution in [2.75, 3.05) is 26.2 Å². The topological polar surface area (TPSA) is 70.4 Å². The average molecular weight is 254 g/mol. The van der Waals surface area contributed by atoms with E-state index in [1.807, 2.05) is 11.4 Å². The predicted octanol–water partition coefficient (Wildman–Crippen LogP) is 0.147. The van der Waals surface area contributed by atoms with Crippen molar-refractivity contribution in [1.29, 1.82) is 0 Å². The van der Waals surface area contributed by atoms with Crippen LogP contribution in [0.1, 0.15) is 21.7 Å². The van der Waals surface area contributed by atoms with Gasteiger partial charge in [-0.05, 0) is 36.5 Å². The van der Waals surface area contributed by atoms with Gasteiger partial charge in [-0.3, -0.25) is 15.1 Å². The van der Waals surface area contributed by atoms with E-state index < -0.39 is 0 Å². The number of nitrogen functional groups attached to an aromatic ring is 1. The highest BCUT2D eigenvalue weighted by Crippen LogP contribution is 2.18. The minimum Gasteiger partial charge on any atom is -0.315 e. The number of nitrogens with zero attached hydrogens (tertiary/aromatic N) is 1. The van der Waals surface area contributed by atoms with Crippen LogP contribution in [0.15, 0.2) is 11.4 Å². The van der Waals surface area contributed by atoms with Gasteiger partial charge in [0.1, 0.15) is 0 Å². The molecule has 1 saturated heterocycles. The fourth-order valence-corrected chi connectivity index (χ4v) is 2.84. The van der Waals surface area contributed by atoms with Crippen LogP contribution in [-0.2, 0) is 6.54 Å². The summed E-state index contributed by atoms with van der Waals surface area (Å²) in [5.41, 5.74) is 3.27. The van der Waals surface area contributed by atoms with Crippen LogP contribution in [0.3, 0.4) is 0 Å². The lowest BCUT2D eigenvalue weighted by Gasteiger charge is -2.19. The molecule has 0 spiro atoms. The van der Waals surface area contributed by atoms with Gasteiger partial charge in [0, 0.05) is 19.6 Å². The molecule has 1 fully saturated rings. The van der Waals surface area contributed by atoms with Gasteiger partial charge >= 0.3 is 0 Å². The molecule has 4 N–H and O–H groups in total. The molecule has 17 heavy (non-hydrogen) atoms. The number of carbonyl (C=O) groups excluding carboxylic acids is 1. The monoisotopic (exact) mass is 254 g/mol. The van der Waals surface area contributed by atoms with Crippen LogP contribution in [0.2, 0.25) is 0 Å². The van der Waals surface area contributed by atoms with Crippen LogP contribution in [0.4, 0.5) is 0 Å². The fraction of sp³-hybridized carbons (Fsp3) is 0.545. The highest BCUT2D eigenvalue weighted by atomic mass is 32.1. The molecule has 0 atom stereocenters. The van der Waals surface area contributed by atoms with Gasteiger partial charge < -0.3 is 5.32 Å². The number of hydrogen-bond acceptors (Lipinski definition) is 5. The molecule has 0 bridgehead atoms. The van der Waals surface area contributed by atoms with Crippen molar-refractivity contribution >= 4 is 17.2 Å². The van der Waals surface area contributed by atoms with Gasteiger partial charge in [0.15, 0.2) is 0 Å². The lowest BCUT2D eigenvalue weighted by molar-refractivity contribution is 0.0956. The molecule has 1 aromatic heterocycles. The van der Waals surface area contributed by atoms with E-state index in [1.165, 1.54) is 11.3 Å². The maximum Gasteiger partial charge on any atom is 0.275 e. The first-order valence-electron chi connectivity index (χ1n) is 5.81. The van der Waals surface area contributed by atoms with Crippen molar-refractivity contribution < 1.29 is 4.79 Å². The summed E-state index contributed by atoms with van der Waals surface area (Å²) in [6, 6.07) is 2.01. The summed E-state index contributed by atoms with van der Waals surface area (Å²) in [6.07, 6.45) is 1.16. The highest BCUT2D eigenvalue weighted by Gasteiger charge is 2.15. The number of hydrogen-bond donors (Lipinski definition) is 3. The number of rotatable bonds is 3. The zero-order valence-electron chi connectivity index (χ0n) is 9.74. The van der Waals surface area contributed by atoms with Gasteiger partial charge in [0.05, 0.1) is 4.88 Å². The minimum absolute atomic E-state index is 0.192. The van der Waals surface area contributed by atoms with Crippen LogP contribution < -0.4 is 16.6 Å². The zero-order valence-corrected chi connectivity index (χ0v) is 10.6. The van der Waals surface area contributed by atoms with Crippen molar-refractivity contribution in [2.45, 2.75) is 13.0 Å². The first kappa shape index (κ1) is 12.5. The predicted molar refractivity (Wildman–Crippen MR) is 68.7 cm³/mol. The lowest BCUT2D eigenvalue weighted by Crippen LogP contribution is -2.32. The summed E-state index contributed by atoms with van der Waals surface area (Å²) < 4.78 is 0. The van der Waals surface area contributed by atoms with Gasteiger partial charge in [-0.1, -0.05) is 0 Å². The standard InChI is InChI=1S/C11H18N4OS/c12-14-11(16)10-9(2-7-17-10)8-15-5-1-3-13-4-6-15/h2,7,13H,1,3-6,8,12H2,(H,14,16). The van der Waals surface area contributed by atoms with Crippen molar-refractivity contribution in [3.63, 3.8) is 0 Å². The number of carbonyl (C=O) groups is 1. The van der Waals surface area contributed by atoms with E-state index >= 15 is 0 Å². The summed E-state index contributed by atoms with van der Waals surface area (Å²) in [4.78, 5) is 14.6. The van der Waals surface area contributed by atoms with Crippen LogP contribution in [-0.4, -0.2) is 37.0 Å². The molecule has 6 heteroatoms. The first-order chi connectivity index (χ1) is 8.31. The smallest absolute Gasteiger partial charge is 0.275 e. The fourth-order valence-electron chi connectivity index (χ4n) is 2.03. The third-order valence-corrected chi connectivity index (χ3v) is 3.87. The largest absolute Gasteiger partial charge is 0.315 e. The second-order valence-corrected chi connectivity index (χ2v) is 5.04. The van der Waals surface area contributed by atoms with Gasteiger partial charge in [0.25, 0.3) is 5.91 Å². The molecule has 0 unspecified atom stereocenters. The molecule has 0 radical (unpaired) electrons. The van der Waals surface area contributed by atoms with Gasteiger partial charge in [-0.25, -0.2) is 5.84 Å². The summed E-state index contributed by atoms with van der Waals surface area (Å²) in [5.74, 6) is 4.98. The Balaban J connectivity index is 2.02. The van der Waals surface area contributed by atoms with Gasteiger partial charge in [-0.15, -0.1) is 11.3 Å². The second-order valence-electron chi connectivity index (χ2n) is 4.13. The Morgan fingerprint density at radius 2 is 2.41 bits per heavy atom. The molecule has 0 aromatic carbocycles. The molecule has 0 saturated carbocycles. The Morgan fingerprint density at radius 1 is 1.53 bits per heavy atom. The molecule has 5 nitrogen and oxygen atoms in total. The molecule has 1 aromatic rings. The molecule has 1 aliphatic heterocycles. The quantitative estimate of drug-likeness (QED) is 0.408. The Bertz CT molecular complexity index is 371. The van der Waals surface area contributed by atoms with Gasteiger partial charge in [-0.2, -0.15) is 0 Å². The van der Waals surface area contributed by atoms with E-state index in [0.717, 1.165) is 49.6 Å². The molecule has 2 rings (SSSR count). The second kappa shape index (κ2) is 6.11. The number of hydrazine groups is 1. The third kappa shape index (κ3) is 3.26. The Kier molecular flexibility index (Phi) is 4.49. The summed E-state index contributed by atoms with van der Waals surface area (Å²) in [7, 11) is 0. The molecule has 94 valence electrons. The summed E-state index contributed by atoms with van der Waals surface area (Å²) >= 11 is 1.44. The zero-order chi connectivity index (χ0) is 12.1. The highest BCUT2D eigenvalue weighted by molar-refractivity contribution is 7.12. The molecular formula is C11H18N4OS. The number of amides is 1. The van der Waals surface area contributed by atoms with E-state index in [2.05, 4.69) is 15.6 Å². The van der Waals surface area contributed by atoms with Crippen molar-refractivity contribution in [1.82, 2.24) is 15.6 Å². The number of nitrogens with two attached hydrogens (primary N) is 1. The van der Waals surface area contributed by atoms with E-state index in [0.29, 0.717) is 0 Å². The molecule has 1 aliphatic rings. The molecule has 2 heterocycles. The minimum atomic E-state index is -0.192. The SMILES string of the molecule is NNC(=O)c1sccc1CN1CCCNCC1. The maximum absolute atomic E-state index is 11.5. The molecule has 0 aliphatic carbocycles. The van der Waals surface area contributed by atoms with Crippen molar-refractivity contribution in [3.05, 3.63) is 21.9 Å². The normalized spacial score (nSPS) is 17.7. The molecule has 1 amide bonds. The van der Waals surface area contributed by atoms with E-state index in [-0.39, 0.29) is 5.91 Å². The number of thiophene rings is 1. The average Bonchev–Trinajstić information content (AvgIpc) is 2.64. The van der Waals surface area contributed by atoms with Crippen molar-refractivity contribution in [3.8, 4) is 0 Å². The third-order valence-electron chi connectivity index (χ3n) is 2.91. The van der Waals surface area contributed by atoms with Crippen LogP contribution in [0.25, 0.3) is 0 Å². The molecular weight excluding hydrogens is 236 g/mol. The van der Waals surface area contributed by atoms with Crippen LogP contribution >= 0.6 is 11.3 Å². The Labute approximate surface area is 105 Å². The Morgan fingerprint density at radius 3 is 3.24 bits per heavy atom. The van der Waals surface area contributed by atoms with Crippen LogP contribution in [0.5, 0.6) is 0 Å². The van der Waals surface area contributed by atoms with Gasteiger partial charge in [0.2, 0.25) is 0 Å². The first-order valence-corrected chi connectivity index (χ1v) is 6.69.